The molecule has 1 aromatic rings. The topological polar surface area (TPSA) is 29.3 Å². The molecule has 1 aliphatic carbocycles. The summed E-state index contributed by atoms with van der Waals surface area (Å²) in [5, 5.41) is 0. The van der Waals surface area contributed by atoms with Gasteiger partial charge in [-0.2, -0.15) is 0 Å². The lowest BCUT2D eigenvalue weighted by atomic mass is 10.0. The van der Waals surface area contributed by atoms with Crippen molar-refractivity contribution in [2.75, 3.05) is 13.1 Å². The van der Waals surface area contributed by atoms with Gasteiger partial charge in [-0.3, -0.25) is 4.90 Å². The fraction of sp³-hybridized carbons (Fsp3) is 0.500. The van der Waals surface area contributed by atoms with Gasteiger partial charge in [-0.1, -0.05) is 42.5 Å². The van der Waals surface area contributed by atoms with Crippen LogP contribution >= 0.6 is 0 Å². The third kappa shape index (κ3) is 3.97. The van der Waals surface area contributed by atoms with E-state index in [9.17, 15) is 0 Å². The van der Waals surface area contributed by atoms with Crippen molar-refractivity contribution >= 4 is 0 Å². The van der Waals surface area contributed by atoms with Crippen molar-refractivity contribution in [3.05, 3.63) is 48.0 Å². The molecule has 1 unspecified atom stereocenters. The summed E-state index contributed by atoms with van der Waals surface area (Å²) in [5.74, 6) is 0. The Labute approximate surface area is 110 Å². The number of allylic oxidation sites excluding steroid dienone is 1. The number of hydrogen-bond donors (Lipinski definition) is 1. The lowest BCUT2D eigenvalue weighted by molar-refractivity contribution is 0.204. The van der Waals surface area contributed by atoms with Crippen LogP contribution in [0.2, 0.25) is 0 Å². The van der Waals surface area contributed by atoms with Gasteiger partial charge < -0.3 is 5.73 Å². The van der Waals surface area contributed by atoms with Crippen molar-refractivity contribution in [3.8, 4) is 0 Å². The minimum absolute atomic E-state index is 0.602. The summed E-state index contributed by atoms with van der Waals surface area (Å²) in [4.78, 5) is 2.57. The number of nitrogens with zero attached hydrogens (tertiary/aromatic N) is 1. The summed E-state index contributed by atoms with van der Waals surface area (Å²) in [6.07, 6.45) is 9.63. The van der Waals surface area contributed by atoms with E-state index in [0.717, 1.165) is 26.1 Å². The summed E-state index contributed by atoms with van der Waals surface area (Å²) in [5.41, 5.74) is 7.05. The maximum Gasteiger partial charge on any atom is 0.0281 e. The molecule has 0 aliphatic heterocycles. The van der Waals surface area contributed by atoms with Gasteiger partial charge in [-0.25, -0.2) is 0 Å². The van der Waals surface area contributed by atoms with E-state index < -0.39 is 0 Å². The third-order valence-electron chi connectivity index (χ3n) is 3.58. The van der Waals surface area contributed by atoms with Crippen LogP contribution in [0.15, 0.2) is 42.5 Å². The lowest BCUT2D eigenvalue weighted by Gasteiger charge is -2.31. The predicted molar refractivity (Wildman–Crippen MR) is 77.3 cm³/mol. The second kappa shape index (κ2) is 7.34. The molecule has 0 radical (unpaired) electrons. The van der Waals surface area contributed by atoms with Crippen LogP contribution < -0.4 is 5.73 Å². The molecule has 18 heavy (non-hydrogen) atoms. The maximum atomic E-state index is 5.66. The second-order valence-electron chi connectivity index (χ2n) is 5.02. The first-order valence-corrected chi connectivity index (χ1v) is 7.05. The van der Waals surface area contributed by atoms with Crippen LogP contribution in [-0.4, -0.2) is 24.0 Å². The number of nitrogens with two attached hydrogens (primary N) is 1. The van der Waals surface area contributed by atoms with Gasteiger partial charge in [-0.05, 0) is 37.8 Å². The highest BCUT2D eigenvalue weighted by molar-refractivity contribution is 5.15. The van der Waals surface area contributed by atoms with Gasteiger partial charge in [-0.15, -0.1) is 0 Å². The molecule has 0 aromatic heterocycles. The molecule has 1 atom stereocenters. The standard InChI is InChI=1S/C16H24N2/c17-12-7-13-18(16-10-5-2-6-11-16)14-15-8-3-1-4-9-15/h1,3-5,8-10,16H,2,6-7,11-14,17H2. The first-order valence-electron chi connectivity index (χ1n) is 7.05. The minimum atomic E-state index is 0.602. The van der Waals surface area contributed by atoms with Crippen LogP contribution in [0, 0.1) is 0 Å². The van der Waals surface area contributed by atoms with Gasteiger partial charge in [0.2, 0.25) is 0 Å². The molecule has 2 rings (SSSR count). The number of benzene rings is 1. The Morgan fingerprint density at radius 3 is 2.72 bits per heavy atom. The number of hydrogen-bond acceptors (Lipinski definition) is 2. The maximum absolute atomic E-state index is 5.66. The van der Waals surface area contributed by atoms with Crippen molar-refractivity contribution in [1.82, 2.24) is 4.90 Å². The zero-order chi connectivity index (χ0) is 12.6. The average molecular weight is 244 g/mol. The van der Waals surface area contributed by atoms with Crippen molar-refractivity contribution in [1.29, 1.82) is 0 Å². The molecule has 2 heteroatoms. The zero-order valence-corrected chi connectivity index (χ0v) is 11.1. The third-order valence-corrected chi connectivity index (χ3v) is 3.58. The van der Waals surface area contributed by atoms with Crippen molar-refractivity contribution < 1.29 is 0 Å². The van der Waals surface area contributed by atoms with E-state index >= 15 is 0 Å². The summed E-state index contributed by atoms with van der Waals surface area (Å²) >= 11 is 0. The van der Waals surface area contributed by atoms with Crippen LogP contribution in [0.25, 0.3) is 0 Å². The van der Waals surface area contributed by atoms with Crippen LogP contribution in [0.1, 0.15) is 31.2 Å². The largest absolute Gasteiger partial charge is 0.330 e. The van der Waals surface area contributed by atoms with Crippen molar-refractivity contribution in [2.45, 2.75) is 38.3 Å². The van der Waals surface area contributed by atoms with E-state index in [1.807, 2.05) is 0 Å². The molecule has 0 saturated heterocycles. The van der Waals surface area contributed by atoms with Crippen LogP contribution in [0.4, 0.5) is 0 Å². The minimum Gasteiger partial charge on any atom is -0.330 e. The quantitative estimate of drug-likeness (QED) is 0.780. The molecule has 0 heterocycles. The summed E-state index contributed by atoms with van der Waals surface area (Å²) in [6.45, 7) is 2.91. The van der Waals surface area contributed by atoms with Crippen molar-refractivity contribution in [3.63, 3.8) is 0 Å². The average Bonchev–Trinajstić information content (AvgIpc) is 2.45. The van der Waals surface area contributed by atoms with E-state index in [1.165, 1.54) is 24.8 Å². The van der Waals surface area contributed by atoms with E-state index in [1.54, 1.807) is 0 Å². The summed E-state index contributed by atoms with van der Waals surface area (Å²) in [7, 11) is 0. The van der Waals surface area contributed by atoms with Crippen molar-refractivity contribution in [2.24, 2.45) is 5.73 Å². The van der Waals surface area contributed by atoms with Gasteiger partial charge >= 0.3 is 0 Å². The van der Waals surface area contributed by atoms with Gasteiger partial charge in [0.15, 0.2) is 0 Å². The molecule has 1 aliphatic rings. The first kappa shape index (κ1) is 13.3. The normalized spacial score (nSPS) is 19.3. The molecule has 0 saturated carbocycles. The van der Waals surface area contributed by atoms with Crippen LogP contribution in [-0.2, 0) is 6.54 Å². The Balaban J connectivity index is 2.00. The monoisotopic (exact) mass is 244 g/mol. The molecule has 0 amide bonds. The van der Waals surface area contributed by atoms with Gasteiger partial charge in [0.25, 0.3) is 0 Å². The molecular weight excluding hydrogens is 220 g/mol. The Hall–Kier alpha value is -1.12. The van der Waals surface area contributed by atoms with Crippen LogP contribution in [0.3, 0.4) is 0 Å². The Morgan fingerprint density at radius 2 is 2.06 bits per heavy atom. The molecule has 0 fully saturated rings. The van der Waals surface area contributed by atoms with E-state index in [0.29, 0.717) is 6.04 Å². The Kier molecular flexibility index (Phi) is 5.43. The van der Waals surface area contributed by atoms with Gasteiger partial charge in [0.05, 0.1) is 0 Å². The summed E-state index contributed by atoms with van der Waals surface area (Å²) in [6, 6.07) is 11.3. The van der Waals surface area contributed by atoms with E-state index in [4.69, 9.17) is 5.73 Å². The zero-order valence-electron chi connectivity index (χ0n) is 11.1. The van der Waals surface area contributed by atoms with Gasteiger partial charge in [0.1, 0.15) is 0 Å². The predicted octanol–water partition coefficient (Wildman–Crippen LogP) is 2.95. The Morgan fingerprint density at radius 1 is 1.22 bits per heavy atom. The number of rotatable bonds is 6. The lowest BCUT2D eigenvalue weighted by Crippen LogP contribution is -2.36. The smallest absolute Gasteiger partial charge is 0.0281 e. The van der Waals surface area contributed by atoms with Gasteiger partial charge in [0, 0.05) is 19.1 Å². The van der Waals surface area contributed by atoms with E-state index in [2.05, 4.69) is 47.4 Å². The Bertz CT molecular complexity index is 359. The molecule has 2 N–H and O–H groups in total. The molecule has 1 aromatic carbocycles. The highest BCUT2D eigenvalue weighted by atomic mass is 15.1. The summed E-state index contributed by atoms with van der Waals surface area (Å²) < 4.78 is 0. The SMILES string of the molecule is NCCCN(Cc1ccccc1)C1C=CCCC1. The van der Waals surface area contributed by atoms with Crippen LogP contribution in [0.5, 0.6) is 0 Å². The molecule has 0 bridgehead atoms. The highest BCUT2D eigenvalue weighted by Gasteiger charge is 2.17. The highest BCUT2D eigenvalue weighted by Crippen LogP contribution is 2.19. The fourth-order valence-corrected chi connectivity index (χ4v) is 2.57. The first-order chi connectivity index (χ1) is 8.90. The molecule has 98 valence electrons. The molecular formula is C16H24N2. The molecule has 2 nitrogen and oxygen atoms in total. The van der Waals surface area contributed by atoms with E-state index in [-0.39, 0.29) is 0 Å². The molecule has 0 spiro atoms. The fourth-order valence-electron chi connectivity index (χ4n) is 2.57. The second-order valence-corrected chi connectivity index (χ2v) is 5.02.